The van der Waals surface area contributed by atoms with E-state index in [1.54, 1.807) is 26.0 Å². The molecular formula is C14H17FO4. The van der Waals surface area contributed by atoms with E-state index in [-0.39, 0.29) is 11.3 Å². The van der Waals surface area contributed by atoms with Gasteiger partial charge in [-0.3, -0.25) is 9.59 Å². The van der Waals surface area contributed by atoms with Crippen LogP contribution in [0.2, 0.25) is 0 Å². The molecule has 0 aliphatic carbocycles. The zero-order chi connectivity index (χ0) is 14.6. The fourth-order valence-corrected chi connectivity index (χ4v) is 1.64. The number of para-hydroxylation sites is 1. The summed E-state index contributed by atoms with van der Waals surface area (Å²) in [5, 5.41) is 0. The van der Waals surface area contributed by atoms with E-state index < -0.39 is 23.7 Å². The van der Waals surface area contributed by atoms with Crippen LogP contribution in [0.15, 0.2) is 18.2 Å². The Morgan fingerprint density at radius 1 is 1.16 bits per heavy atom. The molecule has 1 aromatic carbocycles. The largest absolute Gasteiger partial charge is 0.493 e. The highest BCUT2D eigenvalue weighted by molar-refractivity contribution is 6.15. The number of hydrogen-bond donors (Lipinski definition) is 0. The molecule has 0 aliphatic heterocycles. The quantitative estimate of drug-likeness (QED) is 0.587. The summed E-state index contributed by atoms with van der Waals surface area (Å²) in [5.74, 6) is -1.74. The lowest BCUT2D eigenvalue weighted by Gasteiger charge is -2.14. The van der Waals surface area contributed by atoms with E-state index >= 15 is 0 Å². The lowest BCUT2D eigenvalue weighted by Crippen LogP contribution is -2.29. The average Bonchev–Trinajstić information content (AvgIpc) is 2.43. The van der Waals surface area contributed by atoms with Gasteiger partial charge in [0, 0.05) is 5.92 Å². The summed E-state index contributed by atoms with van der Waals surface area (Å²) in [5.41, 5.74) is 0.00310. The zero-order valence-electron chi connectivity index (χ0n) is 11.4. The van der Waals surface area contributed by atoms with Crippen LogP contribution in [0.1, 0.15) is 24.2 Å². The van der Waals surface area contributed by atoms with Crippen LogP contribution in [-0.2, 0) is 4.79 Å². The summed E-state index contributed by atoms with van der Waals surface area (Å²) in [7, 11) is 2.77. The smallest absolute Gasteiger partial charge is 0.221 e. The van der Waals surface area contributed by atoms with Gasteiger partial charge in [0.05, 0.1) is 19.8 Å². The molecular weight excluding hydrogens is 251 g/mol. The van der Waals surface area contributed by atoms with Gasteiger partial charge >= 0.3 is 0 Å². The van der Waals surface area contributed by atoms with E-state index in [1.807, 2.05) is 0 Å². The molecule has 0 aliphatic rings. The fraction of sp³-hybridized carbons (Fsp3) is 0.429. The van der Waals surface area contributed by atoms with Crippen LogP contribution in [0.25, 0.3) is 0 Å². The van der Waals surface area contributed by atoms with Gasteiger partial charge in [0.25, 0.3) is 0 Å². The normalized spacial score (nSPS) is 12.1. The second-order valence-corrected chi connectivity index (χ2v) is 4.32. The predicted octanol–water partition coefficient (Wildman–Crippen LogP) is 2.45. The lowest BCUT2D eigenvalue weighted by molar-refractivity contribution is -0.125. The maximum atomic E-state index is 13.9. The van der Waals surface area contributed by atoms with Crippen molar-refractivity contribution in [1.82, 2.24) is 0 Å². The van der Waals surface area contributed by atoms with Gasteiger partial charge in [0.2, 0.25) is 12.0 Å². The molecule has 5 heteroatoms. The summed E-state index contributed by atoms with van der Waals surface area (Å²) < 4.78 is 24.0. The number of carbonyl (C=O) groups is 2. The van der Waals surface area contributed by atoms with Crippen LogP contribution in [-0.4, -0.2) is 32.0 Å². The zero-order valence-corrected chi connectivity index (χ0v) is 11.4. The molecule has 0 fully saturated rings. The molecule has 0 radical (unpaired) electrons. The molecule has 0 heterocycles. The third-order valence-corrected chi connectivity index (χ3v) is 2.72. The predicted molar refractivity (Wildman–Crippen MR) is 68.6 cm³/mol. The van der Waals surface area contributed by atoms with Crippen molar-refractivity contribution in [3.05, 3.63) is 23.8 Å². The minimum atomic E-state index is -2.18. The van der Waals surface area contributed by atoms with Crippen molar-refractivity contribution in [2.75, 3.05) is 14.2 Å². The number of alkyl halides is 1. The summed E-state index contributed by atoms with van der Waals surface area (Å²) in [6.45, 7) is 3.09. The molecule has 4 nitrogen and oxygen atoms in total. The van der Waals surface area contributed by atoms with Crippen molar-refractivity contribution >= 4 is 11.6 Å². The lowest BCUT2D eigenvalue weighted by atomic mass is 9.97. The summed E-state index contributed by atoms with van der Waals surface area (Å²) in [4.78, 5) is 23.6. The number of benzene rings is 1. The summed E-state index contributed by atoms with van der Waals surface area (Å²) >= 11 is 0. The van der Waals surface area contributed by atoms with E-state index in [2.05, 4.69) is 0 Å². The topological polar surface area (TPSA) is 52.6 Å². The van der Waals surface area contributed by atoms with Crippen LogP contribution < -0.4 is 9.47 Å². The Morgan fingerprint density at radius 2 is 1.79 bits per heavy atom. The minimum absolute atomic E-state index is 0.00310. The van der Waals surface area contributed by atoms with Crippen molar-refractivity contribution in [2.45, 2.75) is 20.0 Å². The standard InChI is InChI=1S/C14H17FO4/c1-8(2)12(16)11(15)13(17)9-6-5-7-10(18-3)14(9)19-4/h5-8,11H,1-4H3. The number of ketones is 2. The van der Waals surface area contributed by atoms with Crippen molar-refractivity contribution in [1.29, 1.82) is 0 Å². The number of halogens is 1. The number of Topliss-reactive ketones (excluding diaryl/α,β-unsaturated/α-hetero) is 2. The van der Waals surface area contributed by atoms with E-state index in [4.69, 9.17) is 9.47 Å². The Hall–Kier alpha value is -1.91. The number of carbonyl (C=O) groups excluding carboxylic acids is 2. The van der Waals surface area contributed by atoms with E-state index in [1.165, 1.54) is 20.3 Å². The number of ether oxygens (including phenoxy) is 2. The molecule has 0 saturated heterocycles. The van der Waals surface area contributed by atoms with Crippen LogP contribution in [0, 0.1) is 5.92 Å². The van der Waals surface area contributed by atoms with Crippen LogP contribution in [0.4, 0.5) is 4.39 Å². The van der Waals surface area contributed by atoms with Crippen LogP contribution in [0.5, 0.6) is 11.5 Å². The molecule has 1 rings (SSSR count). The first-order valence-electron chi connectivity index (χ1n) is 5.87. The molecule has 1 aromatic rings. The monoisotopic (exact) mass is 268 g/mol. The number of methoxy groups -OCH3 is 2. The first kappa shape index (κ1) is 15.1. The highest BCUT2D eigenvalue weighted by atomic mass is 19.1. The minimum Gasteiger partial charge on any atom is -0.493 e. The van der Waals surface area contributed by atoms with Gasteiger partial charge in [-0.1, -0.05) is 19.9 Å². The number of rotatable bonds is 6. The molecule has 0 bridgehead atoms. The van der Waals surface area contributed by atoms with Crippen LogP contribution in [0.3, 0.4) is 0 Å². The van der Waals surface area contributed by atoms with Crippen molar-refractivity contribution < 1.29 is 23.5 Å². The summed E-state index contributed by atoms with van der Waals surface area (Å²) in [6, 6.07) is 4.54. The van der Waals surface area contributed by atoms with Crippen LogP contribution >= 0.6 is 0 Å². The van der Waals surface area contributed by atoms with Gasteiger partial charge < -0.3 is 9.47 Å². The van der Waals surface area contributed by atoms with E-state index in [0.29, 0.717) is 5.75 Å². The van der Waals surface area contributed by atoms with Gasteiger partial charge in [-0.2, -0.15) is 0 Å². The van der Waals surface area contributed by atoms with Gasteiger partial charge in [0.1, 0.15) is 0 Å². The highest BCUT2D eigenvalue weighted by Crippen LogP contribution is 2.32. The molecule has 1 unspecified atom stereocenters. The SMILES string of the molecule is COc1cccc(C(=O)C(F)C(=O)C(C)C)c1OC. The van der Waals surface area contributed by atoms with E-state index in [0.717, 1.165) is 0 Å². The fourth-order valence-electron chi connectivity index (χ4n) is 1.64. The first-order valence-corrected chi connectivity index (χ1v) is 5.87. The van der Waals surface area contributed by atoms with Crippen molar-refractivity contribution in [3.8, 4) is 11.5 Å². The van der Waals surface area contributed by atoms with Gasteiger partial charge in [-0.15, -0.1) is 0 Å². The van der Waals surface area contributed by atoms with Crippen molar-refractivity contribution in [2.24, 2.45) is 5.92 Å². The number of hydrogen-bond acceptors (Lipinski definition) is 4. The average molecular weight is 268 g/mol. The third-order valence-electron chi connectivity index (χ3n) is 2.72. The molecule has 1 atom stereocenters. The molecule has 0 N–H and O–H groups in total. The molecule has 0 aromatic heterocycles. The summed E-state index contributed by atoms with van der Waals surface area (Å²) in [6.07, 6.45) is -2.18. The Bertz CT molecular complexity index is 482. The first-order chi connectivity index (χ1) is 8.93. The Labute approximate surface area is 111 Å². The molecule has 0 spiro atoms. The Kier molecular flexibility index (Phi) is 5.03. The van der Waals surface area contributed by atoms with Crippen molar-refractivity contribution in [3.63, 3.8) is 0 Å². The third kappa shape index (κ3) is 3.10. The van der Waals surface area contributed by atoms with Gasteiger partial charge in [-0.05, 0) is 12.1 Å². The van der Waals surface area contributed by atoms with Gasteiger partial charge in [-0.25, -0.2) is 4.39 Å². The molecule has 104 valence electrons. The molecule has 19 heavy (non-hydrogen) atoms. The van der Waals surface area contributed by atoms with Gasteiger partial charge in [0.15, 0.2) is 17.3 Å². The molecule has 0 saturated carbocycles. The second-order valence-electron chi connectivity index (χ2n) is 4.32. The highest BCUT2D eigenvalue weighted by Gasteiger charge is 2.31. The molecule has 0 amide bonds. The Balaban J connectivity index is 3.16. The maximum absolute atomic E-state index is 13.9. The maximum Gasteiger partial charge on any atom is 0.221 e. The van der Waals surface area contributed by atoms with E-state index in [9.17, 15) is 14.0 Å². The Morgan fingerprint density at radius 3 is 2.26 bits per heavy atom. The second kappa shape index (κ2) is 6.31.